The summed E-state index contributed by atoms with van der Waals surface area (Å²) in [4.78, 5) is 37.0. The Morgan fingerprint density at radius 2 is 2.20 bits per heavy atom. The highest BCUT2D eigenvalue weighted by Crippen LogP contribution is 2.08. The zero-order valence-electron chi connectivity index (χ0n) is 10.8. The Morgan fingerprint density at radius 1 is 1.45 bits per heavy atom. The molecule has 9 heteroatoms. The fourth-order valence-corrected chi connectivity index (χ4v) is 1.57. The van der Waals surface area contributed by atoms with E-state index in [1.54, 1.807) is 6.92 Å². The molecular weight excluding hydrogens is 268 g/mol. The van der Waals surface area contributed by atoms with Gasteiger partial charge in [0.15, 0.2) is 5.69 Å². The number of amides is 1. The maximum atomic E-state index is 11.8. The average Bonchev–Trinajstić information content (AvgIpc) is 2.83. The van der Waals surface area contributed by atoms with Crippen LogP contribution in [0, 0.1) is 0 Å². The highest BCUT2D eigenvalue weighted by Gasteiger charge is 2.16. The summed E-state index contributed by atoms with van der Waals surface area (Å²) in [5, 5.41) is 6.15. The monoisotopic (exact) mass is 280 g/mol. The second-order valence-electron chi connectivity index (χ2n) is 3.66. The first kappa shape index (κ1) is 13.6. The number of hydrogen-bond acceptors (Lipinski definition) is 6. The van der Waals surface area contributed by atoms with Gasteiger partial charge in [-0.1, -0.05) is 0 Å². The van der Waals surface area contributed by atoms with Crippen molar-refractivity contribution in [2.24, 2.45) is 0 Å². The molecule has 0 atom stereocenters. The number of aromatic amines is 1. The first-order valence-corrected chi connectivity index (χ1v) is 5.71. The Labute approximate surface area is 112 Å². The van der Waals surface area contributed by atoms with Crippen molar-refractivity contribution >= 4 is 23.5 Å². The van der Waals surface area contributed by atoms with Gasteiger partial charge in [0.2, 0.25) is 5.95 Å². The third kappa shape index (κ3) is 2.46. The molecule has 0 saturated carbocycles. The number of nitrogens with zero attached hydrogens (tertiary/aromatic N) is 2. The van der Waals surface area contributed by atoms with Crippen molar-refractivity contribution in [2.45, 2.75) is 6.92 Å². The first-order chi connectivity index (χ1) is 9.56. The molecule has 2 rings (SSSR count). The van der Waals surface area contributed by atoms with Crippen LogP contribution in [0.3, 0.4) is 0 Å². The van der Waals surface area contributed by atoms with E-state index in [2.05, 4.69) is 20.1 Å². The minimum atomic E-state index is -0.794. The number of esters is 1. The lowest BCUT2D eigenvalue weighted by molar-refractivity contribution is 0.0517. The minimum absolute atomic E-state index is 0.0841. The normalized spacial score (nSPS) is 10.3. The van der Waals surface area contributed by atoms with E-state index < -0.39 is 17.6 Å². The van der Waals surface area contributed by atoms with Crippen molar-refractivity contribution in [1.29, 1.82) is 0 Å². The number of fused-ring (bicyclic) bond motifs is 1. The van der Waals surface area contributed by atoms with Gasteiger partial charge in [0.05, 0.1) is 13.7 Å². The van der Waals surface area contributed by atoms with E-state index in [1.165, 1.54) is 19.2 Å². The second-order valence-corrected chi connectivity index (χ2v) is 3.66. The molecule has 0 unspecified atom stereocenters. The molecule has 9 nitrogen and oxygen atoms in total. The summed E-state index contributed by atoms with van der Waals surface area (Å²) in [5.74, 6) is -0.759. The maximum Gasteiger partial charge on any atom is 0.413 e. The summed E-state index contributed by atoms with van der Waals surface area (Å²) in [5.41, 5.74) is -0.272. The maximum absolute atomic E-state index is 11.8. The summed E-state index contributed by atoms with van der Waals surface area (Å²) in [6.45, 7) is 1.86. The van der Waals surface area contributed by atoms with Crippen molar-refractivity contribution < 1.29 is 19.1 Å². The van der Waals surface area contributed by atoms with E-state index >= 15 is 0 Å². The predicted octanol–water partition coefficient (Wildman–Crippen LogP) is 0.378. The number of methoxy groups -OCH3 is 1. The van der Waals surface area contributed by atoms with E-state index in [0.29, 0.717) is 0 Å². The van der Waals surface area contributed by atoms with E-state index in [0.717, 1.165) is 4.52 Å². The van der Waals surface area contributed by atoms with Crippen LogP contribution < -0.4 is 10.9 Å². The van der Waals surface area contributed by atoms with Crippen LogP contribution in [0.15, 0.2) is 16.9 Å². The molecule has 0 saturated heterocycles. The van der Waals surface area contributed by atoms with Gasteiger partial charge in [0, 0.05) is 0 Å². The molecule has 1 amide bonds. The van der Waals surface area contributed by atoms with E-state index in [1.807, 2.05) is 0 Å². The van der Waals surface area contributed by atoms with Crippen molar-refractivity contribution in [3.8, 4) is 0 Å². The third-order valence-corrected chi connectivity index (χ3v) is 2.41. The average molecular weight is 280 g/mol. The molecule has 0 fully saturated rings. The molecule has 20 heavy (non-hydrogen) atoms. The zero-order chi connectivity index (χ0) is 14.7. The molecule has 0 aromatic carbocycles. The lowest BCUT2D eigenvalue weighted by atomic mass is 10.4. The molecule has 2 aromatic heterocycles. The van der Waals surface area contributed by atoms with Gasteiger partial charge < -0.3 is 9.47 Å². The highest BCUT2D eigenvalue weighted by atomic mass is 16.5. The number of anilines is 1. The predicted molar refractivity (Wildman–Crippen MR) is 67.8 cm³/mol. The SMILES string of the molecule is CCOC(=O)c1ccc2c(=O)[nH]c(NC(=O)OC)nn12. The van der Waals surface area contributed by atoms with Crippen LogP contribution >= 0.6 is 0 Å². The van der Waals surface area contributed by atoms with Crippen LogP contribution in [0.2, 0.25) is 0 Å². The third-order valence-electron chi connectivity index (χ3n) is 2.41. The quantitative estimate of drug-likeness (QED) is 0.785. The van der Waals surface area contributed by atoms with Gasteiger partial charge >= 0.3 is 12.1 Å². The van der Waals surface area contributed by atoms with E-state index in [-0.39, 0.29) is 23.8 Å². The van der Waals surface area contributed by atoms with Gasteiger partial charge in [0.25, 0.3) is 5.56 Å². The molecule has 2 heterocycles. The van der Waals surface area contributed by atoms with Crippen molar-refractivity contribution in [3.63, 3.8) is 0 Å². The lowest BCUT2D eigenvalue weighted by Crippen LogP contribution is -2.21. The number of hydrogen-bond donors (Lipinski definition) is 2. The number of H-pyrrole nitrogens is 1. The molecule has 0 aliphatic rings. The highest BCUT2D eigenvalue weighted by molar-refractivity contribution is 5.89. The fraction of sp³-hybridized carbons (Fsp3) is 0.273. The van der Waals surface area contributed by atoms with Crippen LogP contribution in [0.25, 0.3) is 5.52 Å². The fourth-order valence-electron chi connectivity index (χ4n) is 1.57. The van der Waals surface area contributed by atoms with Crippen LogP contribution in [-0.4, -0.2) is 40.4 Å². The summed E-state index contributed by atoms with van der Waals surface area (Å²) in [7, 11) is 1.17. The smallest absolute Gasteiger partial charge is 0.413 e. The summed E-state index contributed by atoms with van der Waals surface area (Å²) in [6.07, 6.45) is -0.794. The molecule has 0 bridgehead atoms. The molecule has 0 spiro atoms. The number of nitrogens with one attached hydrogen (secondary N) is 2. The topological polar surface area (TPSA) is 115 Å². The van der Waals surface area contributed by atoms with E-state index in [4.69, 9.17) is 4.74 Å². The van der Waals surface area contributed by atoms with Gasteiger partial charge in [-0.2, -0.15) is 0 Å². The van der Waals surface area contributed by atoms with Gasteiger partial charge in [-0.15, -0.1) is 5.10 Å². The molecule has 2 aromatic rings. The van der Waals surface area contributed by atoms with E-state index in [9.17, 15) is 14.4 Å². The second kappa shape index (κ2) is 5.43. The lowest BCUT2D eigenvalue weighted by Gasteiger charge is -2.05. The van der Waals surface area contributed by atoms with Gasteiger partial charge in [-0.25, -0.2) is 14.1 Å². The largest absolute Gasteiger partial charge is 0.461 e. The van der Waals surface area contributed by atoms with Crippen molar-refractivity contribution in [1.82, 2.24) is 14.6 Å². The Bertz CT molecular complexity index is 717. The van der Waals surface area contributed by atoms with Gasteiger partial charge in [0.1, 0.15) is 5.52 Å². The Hall–Kier alpha value is -2.84. The van der Waals surface area contributed by atoms with Crippen molar-refractivity contribution in [3.05, 3.63) is 28.2 Å². The van der Waals surface area contributed by atoms with Crippen LogP contribution in [-0.2, 0) is 9.47 Å². The Balaban J connectivity index is 2.50. The summed E-state index contributed by atoms with van der Waals surface area (Å²) in [6, 6.07) is 2.84. The summed E-state index contributed by atoms with van der Waals surface area (Å²) < 4.78 is 10.3. The molecule has 0 aliphatic carbocycles. The number of ether oxygens (including phenoxy) is 2. The molecule has 106 valence electrons. The van der Waals surface area contributed by atoms with Gasteiger partial charge in [-0.3, -0.25) is 15.1 Å². The molecule has 0 aliphatic heterocycles. The van der Waals surface area contributed by atoms with Crippen LogP contribution in [0.5, 0.6) is 0 Å². The van der Waals surface area contributed by atoms with Crippen LogP contribution in [0.4, 0.5) is 10.7 Å². The van der Waals surface area contributed by atoms with Crippen LogP contribution in [0.1, 0.15) is 17.4 Å². The standard InChI is InChI=1S/C11H12N4O5/c1-3-20-9(17)7-5-4-6-8(16)12-10(14-15(6)7)13-11(18)19-2/h4-5H,3H2,1-2H3,(H2,12,13,14,16,18). The number of carbonyl (C=O) groups excluding carboxylic acids is 2. The first-order valence-electron chi connectivity index (χ1n) is 5.71. The number of carbonyl (C=O) groups is 2. The molecule has 0 radical (unpaired) electrons. The molecular formula is C11H12N4O5. The van der Waals surface area contributed by atoms with Crippen molar-refractivity contribution in [2.75, 3.05) is 19.0 Å². The Kier molecular flexibility index (Phi) is 3.69. The zero-order valence-corrected chi connectivity index (χ0v) is 10.8. The van der Waals surface area contributed by atoms with Gasteiger partial charge in [-0.05, 0) is 19.1 Å². The molecule has 2 N–H and O–H groups in total. The summed E-state index contributed by atoms with van der Waals surface area (Å²) >= 11 is 0. The Morgan fingerprint density at radius 3 is 2.85 bits per heavy atom. The number of aromatic nitrogens is 3. The minimum Gasteiger partial charge on any atom is -0.461 e. The number of rotatable bonds is 3.